The Labute approximate surface area is 97.8 Å². The third kappa shape index (κ3) is 6.19. The van der Waals surface area contributed by atoms with Crippen LogP contribution >= 0.6 is 0 Å². The lowest BCUT2D eigenvalue weighted by Gasteiger charge is -2.12. The highest BCUT2D eigenvalue weighted by Crippen LogP contribution is 2.12. The molecule has 0 aliphatic heterocycles. The van der Waals surface area contributed by atoms with E-state index in [0.29, 0.717) is 12.5 Å². The zero-order valence-electron chi connectivity index (χ0n) is 10.5. The van der Waals surface area contributed by atoms with Crippen molar-refractivity contribution in [2.24, 2.45) is 0 Å². The number of carbonyl (C=O) groups is 1. The van der Waals surface area contributed by atoms with Gasteiger partial charge in [-0.1, -0.05) is 36.8 Å². The summed E-state index contributed by atoms with van der Waals surface area (Å²) in [7, 11) is 1.31. The maximum atomic E-state index is 8.95. The summed E-state index contributed by atoms with van der Waals surface area (Å²) < 4.78 is 3.86. The van der Waals surface area contributed by atoms with E-state index in [9.17, 15) is 0 Å². The van der Waals surface area contributed by atoms with Gasteiger partial charge in [0.25, 0.3) is 6.47 Å². The molecule has 0 aromatic heterocycles. The highest BCUT2D eigenvalue weighted by atomic mass is 16.5. The number of nitrogens with one attached hydrogen (secondary N) is 1. The predicted octanol–water partition coefficient (Wildman–Crippen LogP) is 2.45. The molecule has 0 aliphatic carbocycles. The fourth-order valence-electron chi connectivity index (χ4n) is 1.28. The smallest absolute Gasteiger partial charge is 0.292 e. The van der Waals surface area contributed by atoms with E-state index in [2.05, 4.69) is 55.1 Å². The molecule has 1 atom stereocenters. The van der Waals surface area contributed by atoms with E-state index in [4.69, 9.17) is 4.79 Å². The Morgan fingerprint density at radius 1 is 1.38 bits per heavy atom. The minimum atomic E-state index is 0.375. The predicted molar refractivity (Wildman–Crippen MR) is 66.3 cm³/mol. The summed E-state index contributed by atoms with van der Waals surface area (Å²) >= 11 is 0. The van der Waals surface area contributed by atoms with Crippen LogP contribution in [-0.4, -0.2) is 20.1 Å². The van der Waals surface area contributed by atoms with Crippen LogP contribution in [0.5, 0.6) is 0 Å². The maximum Gasteiger partial charge on any atom is 0.292 e. The van der Waals surface area contributed by atoms with Gasteiger partial charge in [0.2, 0.25) is 0 Å². The van der Waals surface area contributed by atoms with Crippen LogP contribution in [0, 0.1) is 6.92 Å². The second-order valence-corrected chi connectivity index (χ2v) is 3.52. The lowest BCUT2D eigenvalue weighted by atomic mass is 10.1. The van der Waals surface area contributed by atoms with Crippen molar-refractivity contribution in [3.8, 4) is 0 Å². The van der Waals surface area contributed by atoms with Gasteiger partial charge in [0.05, 0.1) is 7.11 Å². The standard InChI is InChI=1S/C11H17N.C2H4O2/c1-4-12-10(3)11-7-5-9(2)6-8-11;1-4-2-3/h5-8,10,12H,4H2,1-3H3;2H,1H3. The molecule has 3 nitrogen and oxygen atoms in total. The van der Waals surface area contributed by atoms with Crippen molar-refractivity contribution in [3.05, 3.63) is 35.4 Å². The third-order valence-corrected chi connectivity index (χ3v) is 2.18. The number of benzene rings is 1. The number of aryl methyl sites for hydroxylation is 1. The molecule has 1 rings (SSSR count). The van der Waals surface area contributed by atoms with Crippen molar-refractivity contribution >= 4 is 6.47 Å². The molecule has 1 unspecified atom stereocenters. The molecule has 3 heteroatoms. The Bertz CT molecular complexity index is 282. The molecule has 0 fully saturated rings. The fraction of sp³-hybridized carbons (Fsp3) is 0.462. The van der Waals surface area contributed by atoms with Gasteiger partial charge in [0, 0.05) is 6.04 Å². The Balaban J connectivity index is 0.000000487. The summed E-state index contributed by atoms with van der Waals surface area (Å²) in [6.07, 6.45) is 0. The quantitative estimate of drug-likeness (QED) is 0.797. The highest BCUT2D eigenvalue weighted by molar-refractivity contribution is 5.36. The van der Waals surface area contributed by atoms with Gasteiger partial charge in [0.1, 0.15) is 0 Å². The molecule has 0 bridgehead atoms. The molecule has 0 saturated heterocycles. The van der Waals surface area contributed by atoms with E-state index in [1.165, 1.54) is 18.2 Å². The molecule has 0 spiro atoms. The number of methoxy groups -OCH3 is 1. The minimum Gasteiger partial charge on any atom is -0.471 e. The molecule has 0 amide bonds. The van der Waals surface area contributed by atoms with Crippen LogP contribution in [-0.2, 0) is 9.53 Å². The minimum absolute atomic E-state index is 0.375. The van der Waals surface area contributed by atoms with Crippen molar-refractivity contribution < 1.29 is 9.53 Å². The molecule has 1 aromatic carbocycles. The number of hydrogen-bond acceptors (Lipinski definition) is 3. The first kappa shape index (κ1) is 14.6. The van der Waals surface area contributed by atoms with Gasteiger partial charge in [-0.2, -0.15) is 0 Å². The summed E-state index contributed by atoms with van der Waals surface area (Å²) in [5.41, 5.74) is 2.69. The van der Waals surface area contributed by atoms with E-state index >= 15 is 0 Å². The van der Waals surface area contributed by atoms with Crippen LogP contribution in [0.25, 0.3) is 0 Å². The summed E-state index contributed by atoms with van der Waals surface area (Å²) in [5.74, 6) is 0. The first-order valence-electron chi connectivity index (χ1n) is 5.42. The Kier molecular flexibility index (Phi) is 8.17. The number of carbonyl (C=O) groups excluding carboxylic acids is 1. The summed E-state index contributed by atoms with van der Waals surface area (Å²) in [4.78, 5) is 8.95. The lowest BCUT2D eigenvalue weighted by Crippen LogP contribution is -2.17. The van der Waals surface area contributed by atoms with Crippen LogP contribution in [0.1, 0.15) is 31.0 Å². The molecule has 16 heavy (non-hydrogen) atoms. The molecule has 1 N–H and O–H groups in total. The van der Waals surface area contributed by atoms with Gasteiger partial charge < -0.3 is 10.1 Å². The molecule has 1 aromatic rings. The van der Waals surface area contributed by atoms with Crippen LogP contribution < -0.4 is 5.32 Å². The average molecular weight is 223 g/mol. The van der Waals surface area contributed by atoms with E-state index in [1.807, 2.05) is 0 Å². The van der Waals surface area contributed by atoms with Gasteiger partial charge in [-0.25, -0.2) is 0 Å². The van der Waals surface area contributed by atoms with Gasteiger partial charge >= 0.3 is 0 Å². The molecule has 0 heterocycles. The first-order valence-corrected chi connectivity index (χ1v) is 5.42. The topological polar surface area (TPSA) is 38.3 Å². The van der Waals surface area contributed by atoms with Gasteiger partial charge in [-0.05, 0) is 26.0 Å². The molecule has 0 radical (unpaired) electrons. The summed E-state index contributed by atoms with van der Waals surface area (Å²) in [6.45, 7) is 7.83. The molecule has 90 valence electrons. The second kappa shape index (κ2) is 8.92. The van der Waals surface area contributed by atoms with Crippen molar-refractivity contribution in [3.63, 3.8) is 0 Å². The van der Waals surface area contributed by atoms with Crippen molar-refractivity contribution in [1.82, 2.24) is 5.32 Å². The zero-order valence-corrected chi connectivity index (χ0v) is 10.5. The Morgan fingerprint density at radius 3 is 2.25 bits per heavy atom. The zero-order chi connectivity index (χ0) is 12.4. The third-order valence-electron chi connectivity index (χ3n) is 2.18. The van der Waals surface area contributed by atoms with Crippen LogP contribution in [0.4, 0.5) is 0 Å². The fourth-order valence-corrected chi connectivity index (χ4v) is 1.28. The normalized spacial score (nSPS) is 11.0. The van der Waals surface area contributed by atoms with Gasteiger partial charge in [-0.3, -0.25) is 4.79 Å². The number of rotatable bonds is 4. The van der Waals surface area contributed by atoms with E-state index < -0.39 is 0 Å². The van der Waals surface area contributed by atoms with Crippen molar-refractivity contribution in [2.45, 2.75) is 26.8 Å². The highest BCUT2D eigenvalue weighted by Gasteiger charge is 2.01. The van der Waals surface area contributed by atoms with Crippen molar-refractivity contribution in [1.29, 1.82) is 0 Å². The van der Waals surface area contributed by atoms with Crippen LogP contribution in [0.2, 0.25) is 0 Å². The van der Waals surface area contributed by atoms with Crippen LogP contribution in [0.3, 0.4) is 0 Å². The van der Waals surface area contributed by atoms with Crippen molar-refractivity contribution in [2.75, 3.05) is 13.7 Å². The monoisotopic (exact) mass is 223 g/mol. The average Bonchev–Trinajstić information content (AvgIpc) is 2.30. The molecular weight excluding hydrogens is 202 g/mol. The lowest BCUT2D eigenvalue weighted by molar-refractivity contribution is -0.126. The summed E-state index contributed by atoms with van der Waals surface area (Å²) in [5, 5.41) is 3.38. The number of hydrogen-bond donors (Lipinski definition) is 1. The van der Waals surface area contributed by atoms with E-state index in [0.717, 1.165) is 6.54 Å². The van der Waals surface area contributed by atoms with Gasteiger partial charge in [0.15, 0.2) is 0 Å². The summed E-state index contributed by atoms with van der Waals surface area (Å²) in [6, 6.07) is 9.15. The SMILES string of the molecule is CCNC(C)c1ccc(C)cc1.COC=O. The largest absolute Gasteiger partial charge is 0.471 e. The Morgan fingerprint density at radius 2 is 1.88 bits per heavy atom. The van der Waals surface area contributed by atoms with Gasteiger partial charge in [-0.15, -0.1) is 0 Å². The molecular formula is C13H21NO2. The van der Waals surface area contributed by atoms with E-state index in [-0.39, 0.29) is 0 Å². The molecule has 0 aliphatic rings. The maximum absolute atomic E-state index is 8.95. The first-order chi connectivity index (χ1) is 7.65. The molecule has 0 saturated carbocycles. The van der Waals surface area contributed by atoms with E-state index in [1.54, 1.807) is 0 Å². The Hall–Kier alpha value is -1.35. The van der Waals surface area contributed by atoms with Crippen LogP contribution in [0.15, 0.2) is 24.3 Å². The number of ether oxygens (including phenoxy) is 1. The second-order valence-electron chi connectivity index (χ2n) is 3.52.